The van der Waals surface area contributed by atoms with E-state index in [1.165, 1.54) is 31.4 Å². The maximum absolute atomic E-state index is 5.43. The van der Waals surface area contributed by atoms with Crippen LogP contribution in [0.25, 0.3) is 0 Å². The van der Waals surface area contributed by atoms with E-state index in [2.05, 4.69) is 67.5 Å². The van der Waals surface area contributed by atoms with Gasteiger partial charge in [0.2, 0.25) is 0 Å². The van der Waals surface area contributed by atoms with Crippen LogP contribution in [-0.2, 0) is 0 Å². The maximum atomic E-state index is 5.43. The lowest BCUT2D eigenvalue weighted by Crippen LogP contribution is -2.48. The minimum atomic E-state index is 0.508. The number of hydrogen-bond donors (Lipinski definition) is 2. The van der Waals surface area contributed by atoms with Gasteiger partial charge in [0.05, 0.1) is 0 Å². The van der Waals surface area contributed by atoms with Crippen LogP contribution in [0.15, 0.2) is 24.3 Å². The molecule has 1 saturated heterocycles. The van der Waals surface area contributed by atoms with E-state index in [1.807, 2.05) is 0 Å². The fourth-order valence-corrected chi connectivity index (χ4v) is 3.46. The fourth-order valence-electron chi connectivity index (χ4n) is 3.26. The Morgan fingerprint density at radius 2 is 1.91 bits per heavy atom. The van der Waals surface area contributed by atoms with Crippen LogP contribution in [0, 0.1) is 0 Å². The summed E-state index contributed by atoms with van der Waals surface area (Å²) in [5, 5.41) is 7.35. The Hall–Kier alpha value is -1.13. The molecule has 0 radical (unpaired) electrons. The van der Waals surface area contributed by atoms with Gasteiger partial charge in [-0.15, -0.1) is 0 Å². The summed E-state index contributed by atoms with van der Waals surface area (Å²) in [5.74, 6) is 0.557. The van der Waals surface area contributed by atoms with Crippen LogP contribution in [0.2, 0.25) is 0 Å². The van der Waals surface area contributed by atoms with Crippen LogP contribution in [0.4, 0.5) is 5.69 Å². The van der Waals surface area contributed by atoms with Crippen molar-refractivity contribution in [1.82, 2.24) is 10.2 Å². The molecule has 0 aromatic heterocycles. The Kier molecular flexibility index (Phi) is 6.85. The lowest BCUT2D eigenvalue weighted by molar-refractivity contribution is 0.116. The number of benzene rings is 1. The van der Waals surface area contributed by atoms with Crippen molar-refractivity contribution in [2.45, 2.75) is 65.0 Å². The molecule has 1 heterocycles. The largest absolute Gasteiger partial charge is 0.361 e. The van der Waals surface area contributed by atoms with Gasteiger partial charge >= 0.3 is 0 Å². The first kappa shape index (κ1) is 18.2. The molecule has 1 fully saturated rings. The van der Waals surface area contributed by atoms with Gasteiger partial charge < -0.3 is 10.6 Å². The molecule has 0 spiro atoms. The highest BCUT2D eigenvalue weighted by molar-refractivity contribution is 7.80. The highest BCUT2D eigenvalue weighted by atomic mass is 32.1. The van der Waals surface area contributed by atoms with E-state index in [4.69, 9.17) is 12.2 Å². The van der Waals surface area contributed by atoms with E-state index < -0.39 is 0 Å². The summed E-state index contributed by atoms with van der Waals surface area (Å²) in [7, 11) is 0. The zero-order chi connectivity index (χ0) is 16.8. The molecule has 23 heavy (non-hydrogen) atoms. The first-order valence-electron chi connectivity index (χ1n) is 8.88. The van der Waals surface area contributed by atoms with Crippen molar-refractivity contribution in [2.24, 2.45) is 0 Å². The van der Waals surface area contributed by atoms with Crippen molar-refractivity contribution in [3.8, 4) is 0 Å². The average Bonchev–Trinajstić information content (AvgIpc) is 2.53. The third-order valence-corrected chi connectivity index (χ3v) is 5.06. The first-order valence-corrected chi connectivity index (χ1v) is 9.28. The molecule has 2 N–H and O–H groups in total. The minimum absolute atomic E-state index is 0.508. The van der Waals surface area contributed by atoms with Crippen molar-refractivity contribution in [2.75, 3.05) is 18.4 Å². The van der Waals surface area contributed by atoms with Crippen molar-refractivity contribution in [1.29, 1.82) is 0 Å². The average molecular weight is 334 g/mol. The number of thiocarbonyl (C=S) groups is 1. The van der Waals surface area contributed by atoms with E-state index in [-0.39, 0.29) is 0 Å². The molecule has 1 aliphatic rings. The van der Waals surface area contributed by atoms with Crippen LogP contribution in [0.3, 0.4) is 0 Å². The molecule has 2 atom stereocenters. The summed E-state index contributed by atoms with van der Waals surface area (Å²) in [5.41, 5.74) is 2.40. The van der Waals surface area contributed by atoms with Gasteiger partial charge in [-0.05, 0) is 69.1 Å². The Morgan fingerprint density at radius 1 is 1.22 bits per heavy atom. The van der Waals surface area contributed by atoms with Gasteiger partial charge in [-0.3, -0.25) is 4.90 Å². The summed E-state index contributed by atoms with van der Waals surface area (Å²) in [6.45, 7) is 11.1. The van der Waals surface area contributed by atoms with Gasteiger partial charge in [-0.2, -0.15) is 0 Å². The molecule has 0 bridgehead atoms. The summed E-state index contributed by atoms with van der Waals surface area (Å²) >= 11 is 5.43. The summed E-state index contributed by atoms with van der Waals surface area (Å²) in [6.07, 6.45) is 4.00. The molecule has 1 aromatic rings. The van der Waals surface area contributed by atoms with Crippen LogP contribution < -0.4 is 10.6 Å². The molecular weight excluding hydrogens is 302 g/mol. The highest BCUT2D eigenvalue weighted by Crippen LogP contribution is 2.19. The van der Waals surface area contributed by atoms with Gasteiger partial charge in [0.25, 0.3) is 0 Å². The molecule has 1 aliphatic heterocycles. The SMILES string of the molecule is CC(C)c1ccc(NC(=S)NC[C@H](C)N2CCCC[C@H]2C)cc1. The molecule has 2 rings (SSSR count). The quantitative estimate of drug-likeness (QED) is 0.783. The number of nitrogens with one attached hydrogen (secondary N) is 2. The second kappa shape index (κ2) is 8.65. The lowest BCUT2D eigenvalue weighted by atomic mass is 10.0. The summed E-state index contributed by atoms with van der Waals surface area (Å²) < 4.78 is 0. The predicted molar refractivity (Wildman–Crippen MR) is 104 cm³/mol. The predicted octanol–water partition coefficient (Wildman–Crippen LogP) is 4.36. The topological polar surface area (TPSA) is 27.3 Å². The van der Waals surface area contributed by atoms with Crippen molar-refractivity contribution >= 4 is 23.0 Å². The molecular formula is C19H31N3S. The highest BCUT2D eigenvalue weighted by Gasteiger charge is 2.22. The Labute approximate surface area is 146 Å². The van der Waals surface area contributed by atoms with Crippen LogP contribution >= 0.6 is 12.2 Å². The van der Waals surface area contributed by atoms with Gasteiger partial charge in [0, 0.05) is 24.3 Å². The van der Waals surface area contributed by atoms with Crippen molar-refractivity contribution in [3.05, 3.63) is 29.8 Å². The molecule has 0 amide bonds. The summed E-state index contributed by atoms with van der Waals surface area (Å²) in [4.78, 5) is 2.59. The third-order valence-electron chi connectivity index (χ3n) is 4.81. The molecule has 0 aliphatic carbocycles. The Balaban J connectivity index is 1.78. The standard InChI is InChI=1S/C19H31N3S/c1-14(2)17-8-10-18(11-9-17)21-19(23)20-13-16(4)22-12-6-5-7-15(22)3/h8-11,14-16H,5-7,12-13H2,1-4H3,(H2,20,21,23)/t15-,16+/m1/s1. The lowest BCUT2D eigenvalue weighted by Gasteiger charge is -2.38. The van der Waals surface area contributed by atoms with E-state index in [0.717, 1.165) is 12.2 Å². The fraction of sp³-hybridized carbons (Fsp3) is 0.632. The second-order valence-corrected chi connectivity index (χ2v) is 7.45. The Morgan fingerprint density at radius 3 is 2.52 bits per heavy atom. The smallest absolute Gasteiger partial charge is 0.170 e. The van der Waals surface area contributed by atoms with Gasteiger partial charge in [-0.1, -0.05) is 32.4 Å². The van der Waals surface area contributed by atoms with Crippen LogP contribution in [0.5, 0.6) is 0 Å². The number of rotatable bonds is 5. The van der Waals surface area contributed by atoms with E-state index in [0.29, 0.717) is 23.1 Å². The van der Waals surface area contributed by atoms with Crippen molar-refractivity contribution in [3.63, 3.8) is 0 Å². The number of nitrogens with zero attached hydrogens (tertiary/aromatic N) is 1. The molecule has 3 nitrogen and oxygen atoms in total. The van der Waals surface area contributed by atoms with E-state index >= 15 is 0 Å². The normalized spacial score (nSPS) is 20.3. The van der Waals surface area contributed by atoms with Crippen LogP contribution in [0.1, 0.15) is 58.4 Å². The number of likely N-dealkylation sites (tertiary alicyclic amines) is 1. The molecule has 0 saturated carbocycles. The summed E-state index contributed by atoms with van der Waals surface area (Å²) in [6, 6.07) is 9.71. The van der Waals surface area contributed by atoms with Gasteiger partial charge in [0.1, 0.15) is 0 Å². The van der Waals surface area contributed by atoms with E-state index in [9.17, 15) is 0 Å². The first-order chi connectivity index (χ1) is 11.0. The van der Waals surface area contributed by atoms with Gasteiger partial charge in [0.15, 0.2) is 5.11 Å². The maximum Gasteiger partial charge on any atom is 0.170 e. The number of piperidine rings is 1. The second-order valence-electron chi connectivity index (χ2n) is 7.04. The number of hydrogen-bond acceptors (Lipinski definition) is 2. The third kappa shape index (κ3) is 5.47. The van der Waals surface area contributed by atoms with Crippen LogP contribution in [-0.4, -0.2) is 35.2 Å². The molecule has 128 valence electrons. The van der Waals surface area contributed by atoms with Crippen molar-refractivity contribution < 1.29 is 0 Å². The molecule has 0 unspecified atom stereocenters. The van der Waals surface area contributed by atoms with Gasteiger partial charge in [-0.25, -0.2) is 0 Å². The number of anilines is 1. The molecule has 4 heteroatoms. The molecule has 1 aromatic carbocycles. The Bertz CT molecular complexity index is 498. The zero-order valence-corrected chi connectivity index (χ0v) is 15.7. The minimum Gasteiger partial charge on any atom is -0.361 e. The van der Waals surface area contributed by atoms with E-state index in [1.54, 1.807) is 0 Å². The zero-order valence-electron chi connectivity index (χ0n) is 14.9. The monoisotopic (exact) mass is 333 g/mol.